The van der Waals surface area contributed by atoms with Gasteiger partial charge in [0.1, 0.15) is 0 Å². The zero-order valence-electron chi connectivity index (χ0n) is 9.33. The minimum atomic E-state index is -1.55. The molecule has 78 valence electrons. The van der Waals surface area contributed by atoms with Gasteiger partial charge in [-0.1, -0.05) is 51.7 Å². The highest BCUT2D eigenvalue weighted by atomic mass is 28.3. The van der Waals surface area contributed by atoms with E-state index in [0.29, 0.717) is 0 Å². The third-order valence-corrected chi connectivity index (χ3v) is 10.9. The molecule has 1 aliphatic rings. The Morgan fingerprint density at radius 1 is 1.15 bits per heavy atom. The van der Waals surface area contributed by atoms with Crippen molar-refractivity contribution in [1.82, 2.24) is 0 Å². The summed E-state index contributed by atoms with van der Waals surface area (Å²) in [6, 6.07) is 3.53. The molecule has 0 spiro atoms. The van der Waals surface area contributed by atoms with Crippen LogP contribution in [0.5, 0.6) is 0 Å². The van der Waals surface area contributed by atoms with Crippen LogP contribution in [0, 0.1) is 0 Å². The van der Waals surface area contributed by atoms with Crippen molar-refractivity contribution in [2.75, 3.05) is 0 Å². The van der Waals surface area contributed by atoms with Crippen LogP contribution in [0.3, 0.4) is 0 Å². The van der Waals surface area contributed by atoms with E-state index < -0.39 is 13.4 Å². The van der Waals surface area contributed by atoms with Crippen molar-refractivity contribution < 1.29 is 4.39 Å². The van der Waals surface area contributed by atoms with Crippen LogP contribution in [0.4, 0.5) is 4.39 Å². The predicted molar refractivity (Wildman–Crippen MR) is 59.5 cm³/mol. The number of hydrogen-bond donors (Lipinski definition) is 0. The fourth-order valence-electron chi connectivity index (χ4n) is 3.15. The van der Waals surface area contributed by atoms with Crippen molar-refractivity contribution in [3.63, 3.8) is 0 Å². The van der Waals surface area contributed by atoms with Gasteiger partial charge in [-0.3, -0.25) is 0 Å². The number of rotatable bonds is 3. The number of hydrogen-bond acceptors (Lipinski definition) is 0. The van der Waals surface area contributed by atoms with Crippen molar-refractivity contribution in [2.45, 2.75) is 69.9 Å². The zero-order valence-corrected chi connectivity index (χ0v) is 10.3. The lowest BCUT2D eigenvalue weighted by atomic mass is 10.1. The lowest BCUT2D eigenvalue weighted by Gasteiger charge is -2.46. The normalized spacial score (nSPS) is 33.2. The van der Waals surface area contributed by atoms with Gasteiger partial charge in [-0.05, 0) is 12.8 Å². The fraction of sp³-hybridized carbons (Fsp3) is 1.00. The number of alkyl halides is 1. The van der Waals surface area contributed by atoms with Gasteiger partial charge in [0.15, 0.2) is 0 Å². The molecule has 1 heterocycles. The summed E-state index contributed by atoms with van der Waals surface area (Å²) in [5.41, 5.74) is 0. The average Bonchev–Trinajstić information content (AvgIpc) is 2.19. The average molecular weight is 202 g/mol. The first-order chi connectivity index (χ1) is 6.14. The summed E-state index contributed by atoms with van der Waals surface area (Å²) in [7, 11) is -1.55. The Labute approximate surface area is 82.9 Å². The molecule has 2 heteroatoms. The van der Waals surface area contributed by atoms with Crippen molar-refractivity contribution in [3.05, 3.63) is 0 Å². The van der Waals surface area contributed by atoms with Crippen molar-refractivity contribution in [1.29, 1.82) is 0 Å². The summed E-state index contributed by atoms with van der Waals surface area (Å²) in [6.07, 6.45) is 4.04. The topological polar surface area (TPSA) is 0 Å². The summed E-state index contributed by atoms with van der Waals surface area (Å²) in [5.74, 6) is 0. The van der Waals surface area contributed by atoms with Crippen molar-refractivity contribution in [3.8, 4) is 0 Å². The van der Waals surface area contributed by atoms with E-state index in [-0.39, 0.29) is 0 Å². The van der Waals surface area contributed by atoms with E-state index in [1.54, 1.807) is 0 Å². The van der Waals surface area contributed by atoms with Crippen LogP contribution < -0.4 is 0 Å². The lowest BCUT2D eigenvalue weighted by Crippen LogP contribution is -2.56. The van der Waals surface area contributed by atoms with Gasteiger partial charge in [-0.15, -0.1) is 0 Å². The Morgan fingerprint density at radius 3 is 2.15 bits per heavy atom. The van der Waals surface area contributed by atoms with Crippen LogP contribution in [0.1, 0.15) is 46.5 Å². The summed E-state index contributed by atoms with van der Waals surface area (Å²) in [5, 5.41) is -0.727. The van der Waals surface area contributed by atoms with Crippen LogP contribution in [0.2, 0.25) is 18.1 Å². The van der Waals surface area contributed by atoms with E-state index in [4.69, 9.17) is 0 Å². The highest BCUT2D eigenvalue weighted by Gasteiger charge is 2.51. The van der Waals surface area contributed by atoms with Crippen LogP contribution in [-0.4, -0.2) is 13.4 Å². The zero-order chi connectivity index (χ0) is 9.95. The molecule has 0 radical (unpaired) electrons. The maximum Gasteiger partial charge on any atom is 0.0997 e. The summed E-state index contributed by atoms with van der Waals surface area (Å²) < 4.78 is 14.7. The second-order valence-corrected chi connectivity index (χ2v) is 9.88. The van der Waals surface area contributed by atoms with Crippen molar-refractivity contribution >= 4 is 8.07 Å². The molecule has 1 atom stereocenters. The highest BCUT2D eigenvalue weighted by molar-refractivity contribution is 6.82. The van der Waals surface area contributed by atoms with Gasteiger partial charge >= 0.3 is 0 Å². The number of halogens is 1. The predicted octanol–water partition coefficient (Wildman–Crippen LogP) is 4.32. The van der Waals surface area contributed by atoms with Gasteiger partial charge in [0.05, 0.1) is 13.4 Å². The van der Waals surface area contributed by atoms with Crippen molar-refractivity contribution in [2.24, 2.45) is 0 Å². The second kappa shape index (κ2) is 4.12. The SMILES string of the molecule is CCC1(F)CCCC[Si]1(CC)CC. The van der Waals surface area contributed by atoms with Gasteiger partial charge in [-0.25, -0.2) is 4.39 Å². The Balaban J connectivity index is 2.87. The molecule has 0 aromatic rings. The van der Waals surface area contributed by atoms with Gasteiger partial charge in [0.25, 0.3) is 0 Å². The molecule has 0 aromatic carbocycles. The molecule has 0 N–H and O–H groups in total. The second-order valence-electron chi connectivity index (χ2n) is 4.51. The van der Waals surface area contributed by atoms with Gasteiger partial charge in [0, 0.05) is 0 Å². The smallest absolute Gasteiger partial charge is 0.0997 e. The summed E-state index contributed by atoms with van der Waals surface area (Å²) in [4.78, 5) is 0. The van der Waals surface area contributed by atoms with Gasteiger partial charge < -0.3 is 0 Å². The molecule has 0 aliphatic carbocycles. The van der Waals surface area contributed by atoms with E-state index in [0.717, 1.165) is 31.4 Å². The van der Waals surface area contributed by atoms with Crippen LogP contribution in [-0.2, 0) is 0 Å². The van der Waals surface area contributed by atoms with Crippen LogP contribution in [0.25, 0.3) is 0 Å². The molecule has 1 saturated heterocycles. The molecule has 1 fully saturated rings. The standard InChI is InChI=1S/C11H23FSi/c1-4-11(12)9-7-8-10-13(11,5-2)6-3/h4-10H2,1-3H3. The quantitative estimate of drug-likeness (QED) is 0.598. The molecule has 1 rings (SSSR count). The molecule has 0 saturated carbocycles. The molecule has 0 nitrogen and oxygen atoms in total. The molecule has 0 amide bonds. The molecule has 1 aliphatic heterocycles. The molecule has 13 heavy (non-hydrogen) atoms. The molecular formula is C11H23FSi. The first-order valence-corrected chi connectivity index (χ1v) is 8.45. The van der Waals surface area contributed by atoms with E-state index >= 15 is 0 Å². The molecule has 0 bridgehead atoms. The first-order valence-electron chi connectivity index (χ1n) is 5.83. The van der Waals surface area contributed by atoms with Gasteiger partial charge in [0.2, 0.25) is 0 Å². The van der Waals surface area contributed by atoms with E-state index in [9.17, 15) is 4.39 Å². The summed E-state index contributed by atoms with van der Waals surface area (Å²) in [6.45, 7) is 6.47. The Hall–Kier alpha value is 0.147. The molecule has 1 unspecified atom stereocenters. The first kappa shape index (κ1) is 11.2. The molecular weight excluding hydrogens is 179 g/mol. The Kier molecular flexibility index (Phi) is 3.55. The maximum absolute atomic E-state index is 14.7. The minimum absolute atomic E-state index is 0.727. The van der Waals surface area contributed by atoms with E-state index in [1.165, 1.54) is 12.5 Å². The largest absolute Gasteiger partial charge is 0.248 e. The van der Waals surface area contributed by atoms with E-state index in [2.05, 4.69) is 13.8 Å². The highest BCUT2D eigenvalue weighted by Crippen LogP contribution is 2.45. The maximum atomic E-state index is 14.7. The fourth-order valence-corrected chi connectivity index (χ4v) is 8.45. The molecule has 0 aromatic heterocycles. The Bertz CT molecular complexity index is 165. The third-order valence-electron chi connectivity index (χ3n) is 4.34. The lowest BCUT2D eigenvalue weighted by molar-refractivity contribution is 0.213. The minimum Gasteiger partial charge on any atom is -0.248 e. The van der Waals surface area contributed by atoms with E-state index in [1.807, 2.05) is 6.92 Å². The monoisotopic (exact) mass is 202 g/mol. The summed E-state index contributed by atoms with van der Waals surface area (Å²) >= 11 is 0. The third kappa shape index (κ3) is 1.70. The van der Waals surface area contributed by atoms with Gasteiger partial charge in [-0.2, -0.15) is 0 Å². The van der Waals surface area contributed by atoms with Crippen LogP contribution in [0.15, 0.2) is 0 Å². The van der Waals surface area contributed by atoms with Crippen LogP contribution >= 0.6 is 0 Å². The Morgan fingerprint density at radius 2 is 1.77 bits per heavy atom.